The minimum absolute atomic E-state index is 0.282. The standard InChI is InChI=1S/C23H25O3P/c1-3-25-27(24,26-4-2)23-20(15-10-6-5-7-11-15)21-18-14-19(22(21)23)17-13-9-8-12-16(17)18/h5-13,18-19,21-22H,3-4,14H2,1-2H3. The number of allylic oxidation sites excluding steroid dienone is 2. The van der Waals surface area contributed by atoms with E-state index in [9.17, 15) is 4.57 Å². The summed E-state index contributed by atoms with van der Waals surface area (Å²) in [6, 6.07) is 19.2. The molecule has 0 aliphatic heterocycles. The molecule has 0 aromatic heterocycles. The summed E-state index contributed by atoms with van der Waals surface area (Å²) < 4.78 is 25.4. The highest BCUT2D eigenvalue weighted by atomic mass is 31.2. The predicted molar refractivity (Wildman–Crippen MR) is 108 cm³/mol. The summed E-state index contributed by atoms with van der Waals surface area (Å²) in [4.78, 5) is 0. The van der Waals surface area contributed by atoms with E-state index in [1.54, 1.807) is 0 Å². The van der Waals surface area contributed by atoms with Crippen LogP contribution in [0.25, 0.3) is 5.57 Å². The van der Waals surface area contributed by atoms with E-state index in [0.29, 0.717) is 31.0 Å². The summed E-state index contributed by atoms with van der Waals surface area (Å²) in [5.41, 5.74) is 5.30. The molecule has 4 heteroatoms. The van der Waals surface area contributed by atoms with Gasteiger partial charge in [-0.25, -0.2) is 0 Å². The van der Waals surface area contributed by atoms with Crippen molar-refractivity contribution in [3.05, 3.63) is 76.6 Å². The molecule has 1 saturated carbocycles. The zero-order valence-corrected chi connectivity index (χ0v) is 16.7. The highest BCUT2D eigenvalue weighted by molar-refractivity contribution is 7.59. The van der Waals surface area contributed by atoms with Gasteiger partial charge in [0, 0.05) is 5.92 Å². The number of hydrogen-bond acceptors (Lipinski definition) is 3. The quantitative estimate of drug-likeness (QED) is 0.560. The van der Waals surface area contributed by atoms with Gasteiger partial charge in [-0.3, -0.25) is 4.57 Å². The van der Waals surface area contributed by atoms with Crippen LogP contribution in [0.15, 0.2) is 59.9 Å². The Balaban J connectivity index is 1.68. The van der Waals surface area contributed by atoms with Crippen molar-refractivity contribution in [3.63, 3.8) is 0 Å². The molecule has 3 aliphatic carbocycles. The summed E-state index contributed by atoms with van der Waals surface area (Å²) in [6.07, 6.45) is 1.15. The molecule has 4 atom stereocenters. The van der Waals surface area contributed by atoms with E-state index in [-0.39, 0.29) is 5.92 Å². The molecule has 3 nitrogen and oxygen atoms in total. The van der Waals surface area contributed by atoms with Crippen LogP contribution in [0, 0.1) is 11.8 Å². The summed E-state index contributed by atoms with van der Waals surface area (Å²) in [5, 5.41) is 0.949. The molecule has 5 rings (SSSR count). The molecule has 0 saturated heterocycles. The van der Waals surface area contributed by atoms with Crippen LogP contribution in [0.3, 0.4) is 0 Å². The van der Waals surface area contributed by atoms with E-state index < -0.39 is 7.60 Å². The first kappa shape index (κ1) is 17.4. The second-order valence-electron chi connectivity index (χ2n) is 7.63. The van der Waals surface area contributed by atoms with E-state index in [2.05, 4.69) is 48.5 Å². The second-order valence-corrected chi connectivity index (χ2v) is 9.62. The van der Waals surface area contributed by atoms with Crippen LogP contribution in [0.5, 0.6) is 0 Å². The molecule has 2 bridgehead atoms. The van der Waals surface area contributed by atoms with Gasteiger partial charge in [0.2, 0.25) is 0 Å². The van der Waals surface area contributed by atoms with Gasteiger partial charge in [-0.1, -0.05) is 54.6 Å². The molecule has 2 aromatic rings. The van der Waals surface area contributed by atoms with Gasteiger partial charge in [-0.15, -0.1) is 0 Å². The minimum atomic E-state index is -3.28. The monoisotopic (exact) mass is 380 g/mol. The van der Waals surface area contributed by atoms with E-state index in [1.165, 1.54) is 22.3 Å². The van der Waals surface area contributed by atoms with Crippen molar-refractivity contribution in [2.45, 2.75) is 32.1 Å². The van der Waals surface area contributed by atoms with Crippen LogP contribution in [-0.4, -0.2) is 13.2 Å². The number of hydrogen-bond donors (Lipinski definition) is 0. The lowest BCUT2D eigenvalue weighted by atomic mass is 9.63. The fourth-order valence-corrected chi connectivity index (χ4v) is 8.01. The lowest BCUT2D eigenvalue weighted by Gasteiger charge is -2.47. The molecule has 0 amide bonds. The highest BCUT2D eigenvalue weighted by Crippen LogP contribution is 2.78. The topological polar surface area (TPSA) is 35.5 Å². The lowest BCUT2D eigenvalue weighted by Crippen LogP contribution is -2.35. The van der Waals surface area contributed by atoms with Crippen molar-refractivity contribution < 1.29 is 13.6 Å². The molecule has 3 aliphatic rings. The van der Waals surface area contributed by atoms with Gasteiger partial charge in [-0.05, 0) is 60.3 Å². The van der Waals surface area contributed by atoms with Crippen molar-refractivity contribution >= 4 is 13.2 Å². The van der Waals surface area contributed by atoms with Crippen molar-refractivity contribution in [1.82, 2.24) is 0 Å². The zero-order valence-electron chi connectivity index (χ0n) is 15.8. The van der Waals surface area contributed by atoms with Crippen molar-refractivity contribution in [1.29, 1.82) is 0 Å². The molecular weight excluding hydrogens is 355 g/mol. The smallest absolute Gasteiger partial charge is 0.306 e. The van der Waals surface area contributed by atoms with Crippen LogP contribution in [-0.2, 0) is 13.6 Å². The number of benzene rings is 2. The zero-order chi connectivity index (χ0) is 18.6. The SMILES string of the molecule is CCOP(=O)(OCC)C1=C(c2ccccc2)C2C3CC(c4ccccc43)C12. The van der Waals surface area contributed by atoms with Gasteiger partial charge in [0.15, 0.2) is 0 Å². The van der Waals surface area contributed by atoms with Crippen LogP contribution in [0.2, 0.25) is 0 Å². The molecule has 0 N–H and O–H groups in total. The minimum Gasteiger partial charge on any atom is -0.306 e. The van der Waals surface area contributed by atoms with Crippen LogP contribution in [0.4, 0.5) is 0 Å². The Hall–Kier alpha value is -1.67. The molecule has 27 heavy (non-hydrogen) atoms. The Morgan fingerprint density at radius 1 is 0.852 bits per heavy atom. The highest BCUT2D eigenvalue weighted by Gasteiger charge is 2.63. The normalized spacial score (nSPS) is 28.1. The van der Waals surface area contributed by atoms with Crippen LogP contribution >= 0.6 is 7.60 Å². The average molecular weight is 380 g/mol. The van der Waals surface area contributed by atoms with Gasteiger partial charge in [-0.2, -0.15) is 0 Å². The van der Waals surface area contributed by atoms with Gasteiger partial charge in [0.05, 0.1) is 18.5 Å². The van der Waals surface area contributed by atoms with Crippen molar-refractivity contribution in [2.75, 3.05) is 13.2 Å². The predicted octanol–water partition coefficient (Wildman–Crippen LogP) is 6.19. The van der Waals surface area contributed by atoms with Crippen LogP contribution < -0.4 is 0 Å². The first-order chi connectivity index (χ1) is 13.2. The third-order valence-corrected chi connectivity index (χ3v) is 8.79. The Morgan fingerprint density at radius 2 is 1.41 bits per heavy atom. The maximum atomic E-state index is 13.8. The third-order valence-electron chi connectivity index (χ3n) is 6.46. The molecule has 2 aromatic carbocycles. The van der Waals surface area contributed by atoms with Gasteiger partial charge < -0.3 is 9.05 Å². The van der Waals surface area contributed by atoms with E-state index in [0.717, 1.165) is 11.7 Å². The molecular formula is C23H25O3P. The van der Waals surface area contributed by atoms with Gasteiger partial charge in [0.25, 0.3) is 0 Å². The Morgan fingerprint density at radius 3 is 2.00 bits per heavy atom. The van der Waals surface area contributed by atoms with Crippen molar-refractivity contribution in [2.24, 2.45) is 11.8 Å². The summed E-state index contributed by atoms with van der Waals surface area (Å²) >= 11 is 0. The Bertz CT molecular complexity index is 939. The molecule has 4 unspecified atom stereocenters. The third kappa shape index (κ3) is 2.38. The summed E-state index contributed by atoms with van der Waals surface area (Å²) in [7, 11) is -3.28. The lowest BCUT2D eigenvalue weighted by molar-refractivity contribution is 0.218. The first-order valence-electron chi connectivity index (χ1n) is 9.97. The van der Waals surface area contributed by atoms with E-state index in [4.69, 9.17) is 9.05 Å². The molecule has 0 heterocycles. The average Bonchev–Trinajstić information content (AvgIpc) is 3.16. The molecule has 1 fully saturated rings. The van der Waals surface area contributed by atoms with Gasteiger partial charge >= 0.3 is 7.60 Å². The fourth-order valence-electron chi connectivity index (χ4n) is 5.69. The van der Waals surface area contributed by atoms with E-state index in [1.807, 2.05) is 19.9 Å². The molecule has 140 valence electrons. The summed E-state index contributed by atoms with van der Waals surface area (Å²) in [5.74, 6) is 1.67. The summed E-state index contributed by atoms with van der Waals surface area (Å²) in [6.45, 7) is 4.57. The molecule has 0 spiro atoms. The van der Waals surface area contributed by atoms with E-state index >= 15 is 0 Å². The fraction of sp³-hybridized carbons (Fsp3) is 0.391. The maximum absolute atomic E-state index is 13.8. The Kier molecular flexibility index (Phi) is 4.16. The maximum Gasteiger partial charge on any atom is 0.357 e. The second kappa shape index (κ2) is 6.44. The largest absolute Gasteiger partial charge is 0.357 e. The number of rotatable bonds is 6. The van der Waals surface area contributed by atoms with Crippen LogP contribution in [0.1, 0.15) is 48.8 Å². The first-order valence-corrected chi connectivity index (χ1v) is 11.5. The van der Waals surface area contributed by atoms with Crippen molar-refractivity contribution in [3.8, 4) is 0 Å². The van der Waals surface area contributed by atoms with Gasteiger partial charge in [0.1, 0.15) is 0 Å². The Labute approximate surface area is 160 Å². The molecule has 0 radical (unpaired) electrons. The number of fused-ring (bicyclic) bond motifs is 8.